The predicted octanol–water partition coefficient (Wildman–Crippen LogP) is 5.56. The third-order valence-electron chi connectivity index (χ3n) is 5.21. The van der Waals surface area contributed by atoms with E-state index in [-0.39, 0.29) is 11.6 Å². The van der Waals surface area contributed by atoms with Crippen molar-refractivity contribution < 1.29 is 19.0 Å². The molecule has 2 heterocycles. The second-order valence-corrected chi connectivity index (χ2v) is 7.32. The maximum Gasteiger partial charge on any atom is 0.336 e. The van der Waals surface area contributed by atoms with Gasteiger partial charge in [0.2, 0.25) is 0 Å². The fraction of sp³-hybridized carbons (Fsp3) is 0.0417. The van der Waals surface area contributed by atoms with Gasteiger partial charge in [-0.05, 0) is 47.9 Å². The molecule has 0 unspecified atom stereocenters. The highest BCUT2D eigenvalue weighted by Gasteiger charge is 2.14. The lowest BCUT2D eigenvalue weighted by atomic mass is 10.0. The number of rotatable bonds is 5. The average molecular weight is 428 g/mol. The summed E-state index contributed by atoms with van der Waals surface area (Å²) < 4.78 is 20.5. The van der Waals surface area contributed by atoms with Crippen LogP contribution < -0.4 is 4.74 Å². The molecular weight excluding hydrogens is 411 g/mol. The van der Waals surface area contributed by atoms with E-state index in [4.69, 9.17) is 4.74 Å². The minimum atomic E-state index is -1.04. The Hall–Kier alpha value is -4.46. The van der Waals surface area contributed by atoms with E-state index in [1.807, 2.05) is 30.3 Å². The highest BCUT2D eigenvalue weighted by atomic mass is 19.1. The van der Waals surface area contributed by atoms with Crippen molar-refractivity contribution in [3.05, 3.63) is 83.8 Å². The second-order valence-electron chi connectivity index (χ2n) is 7.32. The molecule has 5 rings (SSSR count). The van der Waals surface area contributed by atoms with Crippen molar-refractivity contribution in [2.24, 2.45) is 0 Å². The number of H-pyrrole nitrogens is 2. The summed E-state index contributed by atoms with van der Waals surface area (Å²) in [4.78, 5) is 18.6. The third kappa shape index (κ3) is 3.58. The Morgan fingerprint density at radius 1 is 1.03 bits per heavy atom. The molecule has 0 aliphatic heterocycles. The van der Waals surface area contributed by atoms with E-state index < -0.39 is 11.8 Å². The number of carbonyl (C=O) groups is 1. The van der Waals surface area contributed by atoms with Gasteiger partial charge in [0.05, 0.1) is 22.3 Å². The quantitative estimate of drug-likeness (QED) is 0.340. The number of aromatic carboxylic acids is 1. The molecule has 0 amide bonds. The molecule has 0 aliphatic rings. The van der Waals surface area contributed by atoms with Gasteiger partial charge in [0.15, 0.2) is 0 Å². The Bertz CT molecular complexity index is 1440. The summed E-state index contributed by atoms with van der Waals surface area (Å²) in [5.41, 5.74) is 4.72. The third-order valence-corrected chi connectivity index (χ3v) is 5.21. The van der Waals surface area contributed by atoms with Crippen molar-refractivity contribution in [2.75, 3.05) is 0 Å². The van der Waals surface area contributed by atoms with E-state index in [2.05, 4.69) is 20.2 Å². The molecule has 7 nitrogen and oxygen atoms in total. The van der Waals surface area contributed by atoms with Crippen molar-refractivity contribution in [2.45, 2.75) is 6.92 Å². The molecule has 0 saturated carbocycles. The van der Waals surface area contributed by atoms with Crippen LogP contribution in [0.3, 0.4) is 0 Å². The average Bonchev–Trinajstić information content (AvgIpc) is 3.44. The lowest BCUT2D eigenvalue weighted by Crippen LogP contribution is -2.00. The van der Waals surface area contributed by atoms with Crippen LogP contribution in [0, 0.1) is 12.7 Å². The normalized spacial score (nSPS) is 11.1. The molecule has 3 aromatic carbocycles. The van der Waals surface area contributed by atoms with E-state index in [1.54, 1.807) is 31.3 Å². The fourth-order valence-electron chi connectivity index (χ4n) is 3.53. The van der Waals surface area contributed by atoms with Crippen LogP contribution in [0.15, 0.2) is 66.9 Å². The Morgan fingerprint density at radius 2 is 1.81 bits per heavy atom. The minimum Gasteiger partial charge on any atom is -0.478 e. The first kappa shape index (κ1) is 19.5. The van der Waals surface area contributed by atoms with E-state index >= 15 is 0 Å². The number of hydrogen-bond acceptors (Lipinski definition) is 4. The predicted molar refractivity (Wildman–Crippen MR) is 117 cm³/mol. The first-order valence-electron chi connectivity index (χ1n) is 9.79. The highest BCUT2D eigenvalue weighted by molar-refractivity contribution is 5.90. The smallest absolute Gasteiger partial charge is 0.336 e. The zero-order valence-electron chi connectivity index (χ0n) is 16.9. The molecule has 158 valence electrons. The SMILES string of the molecule is Cc1ccc(Oc2nc3cc(-c4ccc(-c5ccn[nH]5)cc4)c(F)cc3[nH]2)cc1C(=O)O. The van der Waals surface area contributed by atoms with Crippen molar-refractivity contribution in [1.29, 1.82) is 0 Å². The van der Waals surface area contributed by atoms with Crippen LogP contribution in [0.1, 0.15) is 15.9 Å². The number of hydrogen-bond donors (Lipinski definition) is 3. The van der Waals surface area contributed by atoms with Crippen LogP contribution in [0.25, 0.3) is 33.4 Å². The number of ether oxygens (including phenoxy) is 1. The van der Waals surface area contributed by atoms with Crippen LogP contribution in [0.4, 0.5) is 4.39 Å². The van der Waals surface area contributed by atoms with Gasteiger partial charge in [-0.25, -0.2) is 9.18 Å². The van der Waals surface area contributed by atoms with E-state index in [0.717, 1.165) is 11.3 Å². The summed E-state index contributed by atoms with van der Waals surface area (Å²) in [7, 11) is 0. The standard InChI is InChI=1S/C24H17FN4O3/c1-13-2-7-16(10-17(13)23(30)31)32-24-27-21-11-18(19(25)12-22(21)28-24)14-3-5-15(6-4-14)20-8-9-26-29-20/h2-12H,1H3,(H,26,29)(H,27,28)(H,30,31). The number of aryl methyl sites for hydroxylation is 1. The van der Waals surface area contributed by atoms with Gasteiger partial charge in [0.25, 0.3) is 6.01 Å². The highest BCUT2D eigenvalue weighted by Crippen LogP contribution is 2.31. The summed E-state index contributed by atoms with van der Waals surface area (Å²) in [6.07, 6.45) is 1.67. The Morgan fingerprint density at radius 3 is 2.53 bits per heavy atom. The van der Waals surface area contributed by atoms with Gasteiger partial charge in [-0.15, -0.1) is 0 Å². The lowest BCUT2D eigenvalue weighted by Gasteiger charge is -2.05. The molecule has 0 saturated heterocycles. The molecule has 0 radical (unpaired) electrons. The summed E-state index contributed by atoms with van der Waals surface area (Å²) in [5.74, 6) is -1.12. The van der Waals surface area contributed by atoms with Crippen molar-refractivity contribution in [3.63, 3.8) is 0 Å². The monoisotopic (exact) mass is 428 g/mol. The van der Waals surface area contributed by atoms with Crippen LogP contribution >= 0.6 is 0 Å². The van der Waals surface area contributed by atoms with Gasteiger partial charge in [0, 0.05) is 17.8 Å². The molecule has 0 spiro atoms. The number of imidazole rings is 1. The minimum absolute atomic E-state index is 0.144. The van der Waals surface area contributed by atoms with Crippen molar-refractivity contribution in [3.8, 4) is 34.1 Å². The molecule has 0 bridgehead atoms. The molecule has 3 N–H and O–H groups in total. The van der Waals surface area contributed by atoms with Gasteiger partial charge in [-0.2, -0.15) is 10.1 Å². The number of fused-ring (bicyclic) bond motifs is 1. The number of nitrogens with one attached hydrogen (secondary N) is 2. The molecule has 5 aromatic rings. The van der Waals surface area contributed by atoms with Gasteiger partial charge in [-0.1, -0.05) is 30.3 Å². The number of aromatic amines is 2. The summed E-state index contributed by atoms with van der Waals surface area (Å²) in [6, 6.07) is 17.2. The number of nitrogens with zero attached hydrogens (tertiary/aromatic N) is 2. The Kier molecular flexibility index (Phi) is 4.67. The van der Waals surface area contributed by atoms with E-state index in [9.17, 15) is 14.3 Å². The van der Waals surface area contributed by atoms with E-state index in [0.29, 0.717) is 33.5 Å². The van der Waals surface area contributed by atoms with Crippen LogP contribution in [-0.2, 0) is 0 Å². The van der Waals surface area contributed by atoms with Crippen molar-refractivity contribution >= 4 is 17.0 Å². The molecule has 2 aromatic heterocycles. The summed E-state index contributed by atoms with van der Waals surface area (Å²) >= 11 is 0. The summed E-state index contributed by atoms with van der Waals surface area (Å²) in [6.45, 7) is 1.71. The van der Waals surface area contributed by atoms with Crippen LogP contribution in [0.5, 0.6) is 11.8 Å². The fourth-order valence-corrected chi connectivity index (χ4v) is 3.53. The van der Waals surface area contributed by atoms with Gasteiger partial charge in [-0.3, -0.25) is 5.10 Å². The number of benzene rings is 3. The second kappa shape index (κ2) is 7.66. The summed E-state index contributed by atoms with van der Waals surface area (Å²) in [5, 5.41) is 16.1. The zero-order valence-corrected chi connectivity index (χ0v) is 16.9. The Balaban J connectivity index is 1.46. The van der Waals surface area contributed by atoms with Gasteiger partial charge in [0.1, 0.15) is 11.6 Å². The number of carboxylic acid groups (broad SMARTS) is 1. The molecule has 8 heteroatoms. The van der Waals surface area contributed by atoms with Crippen molar-refractivity contribution in [1.82, 2.24) is 20.2 Å². The molecule has 32 heavy (non-hydrogen) atoms. The number of aromatic nitrogens is 4. The number of halogens is 1. The lowest BCUT2D eigenvalue weighted by molar-refractivity contribution is 0.0695. The zero-order chi connectivity index (χ0) is 22.2. The maximum atomic E-state index is 14.8. The molecule has 0 atom stereocenters. The molecule has 0 fully saturated rings. The van der Waals surface area contributed by atoms with Gasteiger partial charge < -0.3 is 14.8 Å². The Labute approximate surface area is 181 Å². The number of carboxylic acids is 1. The first-order valence-corrected chi connectivity index (χ1v) is 9.79. The first-order chi connectivity index (χ1) is 15.5. The molecule has 0 aliphatic carbocycles. The largest absolute Gasteiger partial charge is 0.478 e. The van der Waals surface area contributed by atoms with E-state index in [1.165, 1.54) is 12.1 Å². The van der Waals surface area contributed by atoms with Crippen LogP contribution in [-0.4, -0.2) is 31.2 Å². The molecular formula is C24H17FN4O3. The topological polar surface area (TPSA) is 104 Å². The van der Waals surface area contributed by atoms with Gasteiger partial charge >= 0.3 is 5.97 Å². The maximum absolute atomic E-state index is 14.8. The van der Waals surface area contributed by atoms with Crippen LogP contribution in [0.2, 0.25) is 0 Å².